The summed E-state index contributed by atoms with van der Waals surface area (Å²) in [5.74, 6) is -0.239. The Morgan fingerprint density at radius 1 is 1.33 bits per heavy atom. The van der Waals surface area contributed by atoms with Crippen molar-refractivity contribution in [2.45, 2.75) is 25.7 Å². The Balaban J connectivity index is 2.59. The highest BCUT2D eigenvalue weighted by Crippen LogP contribution is 2.17. The zero-order chi connectivity index (χ0) is 13.5. The van der Waals surface area contributed by atoms with Gasteiger partial charge < -0.3 is 20.3 Å². The molecule has 1 amide bonds. The van der Waals surface area contributed by atoms with Crippen molar-refractivity contribution in [3.8, 4) is 0 Å². The van der Waals surface area contributed by atoms with E-state index in [0.717, 1.165) is 5.56 Å². The molecule has 1 aromatic carbocycles. The van der Waals surface area contributed by atoms with Crippen molar-refractivity contribution < 1.29 is 19.7 Å². The molecule has 3 N–H and O–H groups in total. The van der Waals surface area contributed by atoms with Crippen LogP contribution in [-0.4, -0.2) is 35.9 Å². The third-order valence-corrected chi connectivity index (χ3v) is 2.56. The zero-order valence-corrected chi connectivity index (χ0v) is 10.6. The normalized spacial score (nSPS) is 14.0. The molecule has 0 saturated heterocycles. The smallest absolute Gasteiger partial charge is 0.216 e. The highest BCUT2D eigenvalue weighted by Gasteiger charge is 2.18. The first-order valence-electron chi connectivity index (χ1n) is 5.73. The second-order valence-electron chi connectivity index (χ2n) is 4.12. The van der Waals surface area contributed by atoms with E-state index < -0.39 is 12.2 Å². The van der Waals surface area contributed by atoms with Crippen LogP contribution in [0.5, 0.6) is 0 Å². The molecule has 100 valence electrons. The van der Waals surface area contributed by atoms with Crippen LogP contribution in [0.15, 0.2) is 24.3 Å². The van der Waals surface area contributed by atoms with E-state index in [9.17, 15) is 15.0 Å². The van der Waals surface area contributed by atoms with Gasteiger partial charge in [0.1, 0.15) is 12.2 Å². The molecule has 0 aliphatic carbocycles. The molecule has 5 heteroatoms. The van der Waals surface area contributed by atoms with E-state index >= 15 is 0 Å². The van der Waals surface area contributed by atoms with Gasteiger partial charge in [-0.2, -0.15) is 0 Å². The Morgan fingerprint density at radius 2 is 1.94 bits per heavy atom. The first-order valence-corrected chi connectivity index (χ1v) is 5.73. The summed E-state index contributed by atoms with van der Waals surface area (Å²) < 4.78 is 4.98. The third kappa shape index (κ3) is 4.44. The molecule has 0 aromatic heterocycles. The van der Waals surface area contributed by atoms with Crippen LogP contribution >= 0.6 is 0 Å². The predicted octanol–water partition coefficient (Wildman–Crippen LogP) is 0.363. The lowest BCUT2D eigenvalue weighted by Gasteiger charge is -2.18. The number of nitrogens with one attached hydrogen (secondary N) is 1. The van der Waals surface area contributed by atoms with Crippen molar-refractivity contribution in [1.82, 2.24) is 5.32 Å². The minimum Gasteiger partial charge on any atom is -0.388 e. The molecule has 0 bridgehead atoms. The Hall–Kier alpha value is -1.43. The highest BCUT2D eigenvalue weighted by atomic mass is 16.5. The van der Waals surface area contributed by atoms with Crippen LogP contribution in [0.4, 0.5) is 0 Å². The van der Waals surface area contributed by atoms with E-state index in [1.54, 1.807) is 19.2 Å². The minimum absolute atomic E-state index is 0.0241. The Labute approximate surface area is 106 Å². The topological polar surface area (TPSA) is 78.8 Å². The second-order valence-corrected chi connectivity index (χ2v) is 4.12. The van der Waals surface area contributed by atoms with E-state index in [4.69, 9.17) is 4.74 Å². The highest BCUT2D eigenvalue weighted by molar-refractivity contribution is 5.72. The monoisotopic (exact) mass is 253 g/mol. The molecule has 0 fully saturated rings. The van der Waals surface area contributed by atoms with Crippen LogP contribution < -0.4 is 5.32 Å². The third-order valence-electron chi connectivity index (χ3n) is 2.56. The lowest BCUT2D eigenvalue weighted by molar-refractivity contribution is -0.119. The van der Waals surface area contributed by atoms with E-state index in [-0.39, 0.29) is 12.5 Å². The number of benzene rings is 1. The first-order chi connectivity index (χ1) is 8.54. The summed E-state index contributed by atoms with van der Waals surface area (Å²) in [6.45, 7) is 1.89. The standard InChI is InChI=1S/C13H19NO4/c1-9(15)14-7-12(16)13(17)11-5-3-10(4-6-11)8-18-2/h3-6,12-13,16-17H,7-8H2,1-2H3,(H,14,15). The van der Waals surface area contributed by atoms with Crippen LogP contribution in [-0.2, 0) is 16.1 Å². The molecule has 0 spiro atoms. The number of hydrogen-bond acceptors (Lipinski definition) is 4. The summed E-state index contributed by atoms with van der Waals surface area (Å²) >= 11 is 0. The first kappa shape index (κ1) is 14.6. The minimum atomic E-state index is -1.03. The lowest BCUT2D eigenvalue weighted by atomic mass is 10.0. The van der Waals surface area contributed by atoms with Crippen molar-refractivity contribution in [2.75, 3.05) is 13.7 Å². The number of aliphatic hydroxyl groups is 2. The van der Waals surface area contributed by atoms with Gasteiger partial charge in [0.25, 0.3) is 0 Å². The summed E-state index contributed by atoms with van der Waals surface area (Å²) in [4.78, 5) is 10.7. The van der Waals surface area contributed by atoms with Gasteiger partial charge in [-0.1, -0.05) is 24.3 Å². The molecule has 0 aliphatic heterocycles. The van der Waals surface area contributed by atoms with Gasteiger partial charge in [-0.15, -0.1) is 0 Å². The van der Waals surface area contributed by atoms with Gasteiger partial charge in [0, 0.05) is 20.6 Å². The van der Waals surface area contributed by atoms with Gasteiger partial charge in [-0.3, -0.25) is 4.79 Å². The van der Waals surface area contributed by atoms with Crippen LogP contribution in [0.1, 0.15) is 24.2 Å². The summed E-state index contributed by atoms with van der Waals surface area (Å²) in [5.41, 5.74) is 1.59. The van der Waals surface area contributed by atoms with Crippen LogP contribution in [0.3, 0.4) is 0 Å². The van der Waals surface area contributed by atoms with E-state index in [1.165, 1.54) is 6.92 Å². The summed E-state index contributed by atoms with van der Waals surface area (Å²) in [6, 6.07) is 7.12. The van der Waals surface area contributed by atoms with Gasteiger partial charge in [0.2, 0.25) is 5.91 Å². The van der Waals surface area contributed by atoms with Gasteiger partial charge in [0.15, 0.2) is 0 Å². The number of carbonyl (C=O) groups is 1. The van der Waals surface area contributed by atoms with Gasteiger partial charge >= 0.3 is 0 Å². The van der Waals surface area contributed by atoms with Gasteiger partial charge in [0.05, 0.1) is 6.61 Å². The average Bonchev–Trinajstić information content (AvgIpc) is 2.36. The Morgan fingerprint density at radius 3 is 2.44 bits per heavy atom. The van der Waals surface area contributed by atoms with Gasteiger partial charge in [-0.05, 0) is 11.1 Å². The average molecular weight is 253 g/mol. The molecule has 0 radical (unpaired) electrons. The SMILES string of the molecule is COCc1ccc(C(O)C(O)CNC(C)=O)cc1. The molecule has 5 nitrogen and oxygen atoms in total. The number of hydrogen-bond donors (Lipinski definition) is 3. The zero-order valence-electron chi connectivity index (χ0n) is 10.6. The number of aliphatic hydroxyl groups excluding tert-OH is 2. The molecule has 1 aromatic rings. The van der Waals surface area contributed by atoms with Crippen molar-refractivity contribution >= 4 is 5.91 Å². The fourth-order valence-electron chi connectivity index (χ4n) is 1.56. The summed E-state index contributed by atoms with van der Waals surface area (Å²) in [5, 5.41) is 22.1. The molecule has 2 atom stereocenters. The number of ether oxygens (including phenoxy) is 1. The number of methoxy groups -OCH3 is 1. The van der Waals surface area contributed by atoms with Crippen molar-refractivity contribution in [2.24, 2.45) is 0 Å². The number of carbonyl (C=O) groups excluding carboxylic acids is 1. The van der Waals surface area contributed by atoms with Crippen LogP contribution in [0.25, 0.3) is 0 Å². The van der Waals surface area contributed by atoms with Crippen LogP contribution in [0, 0.1) is 0 Å². The fraction of sp³-hybridized carbons (Fsp3) is 0.462. The predicted molar refractivity (Wildman–Crippen MR) is 66.8 cm³/mol. The maximum Gasteiger partial charge on any atom is 0.216 e. The van der Waals surface area contributed by atoms with Crippen molar-refractivity contribution in [3.63, 3.8) is 0 Å². The molecular weight excluding hydrogens is 234 g/mol. The molecule has 1 rings (SSSR count). The quantitative estimate of drug-likeness (QED) is 0.684. The lowest BCUT2D eigenvalue weighted by Crippen LogP contribution is -2.34. The van der Waals surface area contributed by atoms with E-state index in [0.29, 0.717) is 12.2 Å². The largest absolute Gasteiger partial charge is 0.388 e. The molecule has 0 heterocycles. The second kappa shape index (κ2) is 7.10. The van der Waals surface area contributed by atoms with E-state index in [1.807, 2.05) is 12.1 Å². The Bertz CT molecular complexity index is 377. The van der Waals surface area contributed by atoms with Gasteiger partial charge in [-0.25, -0.2) is 0 Å². The fourth-order valence-corrected chi connectivity index (χ4v) is 1.56. The van der Waals surface area contributed by atoms with Crippen molar-refractivity contribution in [1.29, 1.82) is 0 Å². The van der Waals surface area contributed by atoms with E-state index in [2.05, 4.69) is 5.32 Å². The molecule has 18 heavy (non-hydrogen) atoms. The summed E-state index contributed by atoms with van der Waals surface area (Å²) in [6.07, 6.45) is -2.05. The van der Waals surface area contributed by atoms with Crippen LogP contribution in [0.2, 0.25) is 0 Å². The van der Waals surface area contributed by atoms with Crippen molar-refractivity contribution in [3.05, 3.63) is 35.4 Å². The molecular formula is C13H19NO4. The number of amides is 1. The Kier molecular flexibility index (Phi) is 5.77. The molecule has 0 saturated carbocycles. The molecule has 2 unspecified atom stereocenters. The maximum atomic E-state index is 10.7. The maximum absolute atomic E-state index is 10.7. The summed E-state index contributed by atoms with van der Waals surface area (Å²) in [7, 11) is 1.61. The number of rotatable bonds is 6. The molecule has 0 aliphatic rings.